The molecule has 1 saturated carbocycles. The molecule has 0 heterocycles. The third-order valence-corrected chi connectivity index (χ3v) is 2.91. The van der Waals surface area contributed by atoms with Gasteiger partial charge in [-0.3, -0.25) is 0 Å². The largest absolute Gasteiger partial charge is 0.0900 e. The molecule has 0 bridgehead atoms. The highest BCUT2D eigenvalue weighted by Gasteiger charge is 2.27. The van der Waals surface area contributed by atoms with Crippen LogP contribution in [0.25, 0.3) is 10.4 Å². The molecule has 3 heteroatoms. The highest BCUT2D eigenvalue weighted by molar-refractivity contribution is 5.22. The molecule has 0 N–H and O–H groups in total. The van der Waals surface area contributed by atoms with Crippen molar-refractivity contribution in [2.45, 2.75) is 31.2 Å². The third-order valence-electron chi connectivity index (χ3n) is 2.91. The maximum atomic E-state index is 8.45. The van der Waals surface area contributed by atoms with Crippen molar-refractivity contribution >= 4 is 0 Å². The fourth-order valence-corrected chi connectivity index (χ4v) is 2.23. The summed E-state index contributed by atoms with van der Waals surface area (Å²) in [6, 6.07) is 10.5. The highest BCUT2D eigenvalue weighted by Crippen LogP contribution is 2.36. The lowest BCUT2D eigenvalue weighted by Gasteiger charge is -2.14. The van der Waals surface area contributed by atoms with Crippen molar-refractivity contribution in [2.24, 2.45) is 5.11 Å². The van der Waals surface area contributed by atoms with E-state index in [1.165, 1.54) is 12.0 Å². The number of hydrogen-bond acceptors (Lipinski definition) is 1. The summed E-state index contributed by atoms with van der Waals surface area (Å²) >= 11 is 0. The Labute approximate surface area is 83.4 Å². The van der Waals surface area contributed by atoms with Crippen molar-refractivity contribution in [3.63, 3.8) is 0 Å². The topological polar surface area (TPSA) is 48.8 Å². The average Bonchev–Trinajstić information content (AvgIpc) is 2.68. The maximum Gasteiger partial charge on any atom is 0.0442 e. The molecule has 72 valence electrons. The monoisotopic (exact) mass is 187 g/mol. The second-order valence-electron chi connectivity index (χ2n) is 3.72. The molecule has 1 aliphatic rings. The quantitative estimate of drug-likeness (QED) is 0.385. The Morgan fingerprint density at radius 3 is 2.71 bits per heavy atom. The molecular weight excluding hydrogens is 174 g/mol. The molecule has 1 aromatic carbocycles. The molecule has 14 heavy (non-hydrogen) atoms. The molecule has 0 aromatic heterocycles. The van der Waals surface area contributed by atoms with Gasteiger partial charge in [0, 0.05) is 11.0 Å². The molecule has 0 spiro atoms. The van der Waals surface area contributed by atoms with Gasteiger partial charge in [0.15, 0.2) is 0 Å². The predicted molar refractivity (Wildman–Crippen MR) is 56.0 cm³/mol. The lowest BCUT2D eigenvalue weighted by Crippen LogP contribution is -2.08. The normalized spacial score (nSPS) is 25.7. The fraction of sp³-hybridized carbons (Fsp3) is 0.455. The number of azide groups is 1. The summed E-state index contributed by atoms with van der Waals surface area (Å²) in [6.07, 6.45) is 3.35. The molecule has 0 amide bonds. The van der Waals surface area contributed by atoms with Gasteiger partial charge in [-0.25, -0.2) is 0 Å². The Morgan fingerprint density at radius 1 is 1.21 bits per heavy atom. The smallest absolute Gasteiger partial charge is 0.0442 e. The molecule has 1 aromatic rings. The van der Waals surface area contributed by atoms with E-state index in [0.29, 0.717) is 5.92 Å². The lowest BCUT2D eigenvalue weighted by molar-refractivity contribution is 0.610. The third kappa shape index (κ3) is 1.73. The van der Waals surface area contributed by atoms with E-state index < -0.39 is 0 Å². The van der Waals surface area contributed by atoms with Crippen LogP contribution in [-0.2, 0) is 0 Å². The zero-order valence-electron chi connectivity index (χ0n) is 8.00. The van der Waals surface area contributed by atoms with Crippen LogP contribution in [-0.4, -0.2) is 6.04 Å². The fourth-order valence-electron chi connectivity index (χ4n) is 2.23. The van der Waals surface area contributed by atoms with E-state index in [2.05, 4.69) is 22.2 Å². The van der Waals surface area contributed by atoms with E-state index in [9.17, 15) is 0 Å². The second-order valence-corrected chi connectivity index (χ2v) is 3.72. The van der Waals surface area contributed by atoms with Gasteiger partial charge in [0.25, 0.3) is 0 Å². The van der Waals surface area contributed by atoms with Gasteiger partial charge in [-0.1, -0.05) is 41.9 Å². The Hall–Kier alpha value is -1.47. The van der Waals surface area contributed by atoms with Crippen LogP contribution < -0.4 is 0 Å². The number of hydrogen-bond donors (Lipinski definition) is 0. The molecule has 1 fully saturated rings. The van der Waals surface area contributed by atoms with E-state index in [4.69, 9.17) is 5.53 Å². The van der Waals surface area contributed by atoms with Crippen LogP contribution in [0.3, 0.4) is 0 Å². The summed E-state index contributed by atoms with van der Waals surface area (Å²) in [5, 5.41) is 3.86. The molecule has 3 nitrogen and oxygen atoms in total. The summed E-state index contributed by atoms with van der Waals surface area (Å²) in [6.45, 7) is 0. The van der Waals surface area contributed by atoms with Gasteiger partial charge in [0.05, 0.1) is 0 Å². The van der Waals surface area contributed by atoms with Crippen molar-refractivity contribution in [1.82, 2.24) is 0 Å². The molecule has 0 saturated heterocycles. The van der Waals surface area contributed by atoms with Crippen molar-refractivity contribution in [2.75, 3.05) is 0 Å². The molecule has 0 aliphatic heterocycles. The van der Waals surface area contributed by atoms with Gasteiger partial charge in [0.2, 0.25) is 0 Å². The number of benzene rings is 1. The molecule has 1 aliphatic carbocycles. The molecule has 0 radical (unpaired) electrons. The lowest BCUT2D eigenvalue weighted by atomic mass is 9.95. The van der Waals surface area contributed by atoms with E-state index in [1.54, 1.807) is 0 Å². The summed E-state index contributed by atoms with van der Waals surface area (Å²) in [5.41, 5.74) is 9.76. The van der Waals surface area contributed by atoms with Crippen LogP contribution in [0.1, 0.15) is 30.7 Å². The first-order valence-electron chi connectivity index (χ1n) is 5.01. The minimum atomic E-state index is 0.169. The second kappa shape index (κ2) is 4.16. The molecule has 2 unspecified atom stereocenters. The Kier molecular flexibility index (Phi) is 2.70. The van der Waals surface area contributed by atoms with Gasteiger partial charge >= 0.3 is 0 Å². The molecule has 2 rings (SSSR count). The standard InChI is InChI=1S/C11H13N3/c12-14-13-11-8-4-7-10(11)9-5-2-1-3-6-9/h1-3,5-6,10-11H,4,7-8H2. The Bertz CT molecular complexity index is 341. The Morgan fingerprint density at radius 2 is 2.00 bits per heavy atom. The Balaban J connectivity index is 2.21. The van der Waals surface area contributed by atoms with E-state index in [1.807, 2.05) is 18.2 Å². The summed E-state index contributed by atoms with van der Waals surface area (Å²) in [7, 11) is 0. The summed E-state index contributed by atoms with van der Waals surface area (Å²) < 4.78 is 0. The van der Waals surface area contributed by atoms with E-state index in [-0.39, 0.29) is 6.04 Å². The molecule has 2 atom stereocenters. The van der Waals surface area contributed by atoms with Crippen LogP contribution in [0, 0.1) is 0 Å². The SMILES string of the molecule is [N-]=[N+]=NC1CCCC1c1ccccc1. The van der Waals surface area contributed by atoms with Crippen LogP contribution in [0.2, 0.25) is 0 Å². The van der Waals surface area contributed by atoms with Crippen molar-refractivity contribution in [3.05, 3.63) is 46.3 Å². The minimum absolute atomic E-state index is 0.169. The van der Waals surface area contributed by atoms with Crippen LogP contribution >= 0.6 is 0 Å². The molecular formula is C11H13N3. The first-order valence-corrected chi connectivity index (χ1v) is 5.01. The van der Waals surface area contributed by atoms with Gasteiger partial charge in [0.1, 0.15) is 0 Å². The first kappa shape index (κ1) is 9.10. The average molecular weight is 187 g/mol. The van der Waals surface area contributed by atoms with Crippen LogP contribution in [0.15, 0.2) is 35.4 Å². The summed E-state index contributed by atoms with van der Waals surface area (Å²) in [5.74, 6) is 0.437. The zero-order valence-corrected chi connectivity index (χ0v) is 8.00. The van der Waals surface area contributed by atoms with Gasteiger partial charge in [-0.05, 0) is 29.9 Å². The van der Waals surface area contributed by atoms with Crippen molar-refractivity contribution in [1.29, 1.82) is 0 Å². The predicted octanol–water partition coefficient (Wildman–Crippen LogP) is 3.63. The maximum absolute atomic E-state index is 8.45. The van der Waals surface area contributed by atoms with E-state index >= 15 is 0 Å². The van der Waals surface area contributed by atoms with Crippen LogP contribution in [0.5, 0.6) is 0 Å². The van der Waals surface area contributed by atoms with Gasteiger partial charge in [-0.2, -0.15) is 0 Å². The van der Waals surface area contributed by atoms with E-state index in [0.717, 1.165) is 12.8 Å². The zero-order chi connectivity index (χ0) is 9.80. The number of rotatable bonds is 2. The van der Waals surface area contributed by atoms with Crippen molar-refractivity contribution < 1.29 is 0 Å². The summed E-state index contributed by atoms with van der Waals surface area (Å²) in [4.78, 5) is 2.92. The minimum Gasteiger partial charge on any atom is -0.0900 e. The van der Waals surface area contributed by atoms with Crippen molar-refractivity contribution in [3.8, 4) is 0 Å². The number of nitrogens with zero attached hydrogens (tertiary/aromatic N) is 3. The van der Waals surface area contributed by atoms with Gasteiger partial charge < -0.3 is 0 Å². The van der Waals surface area contributed by atoms with Gasteiger partial charge in [-0.15, -0.1) is 0 Å². The van der Waals surface area contributed by atoms with Crippen LogP contribution in [0.4, 0.5) is 0 Å². The highest BCUT2D eigenvalue weighted by atomic mass is 15.2. The first-order chi connectivity index (χ1) is 6.92.